The van der Waals surface area contributed by atoms with Crippen molar-refractivity contribution in [3.8, 4) is 0 Å². The van der Waals surface area contributed by atoms with Crippen molar-refractivity contribution in [3.05, 3.63) is 24.3 Å². The first kappa shape index (κ1) is 5.98. The standard InChI is InChI=1S/C11H12O/c1-11-5-4-6-9(10(6)11)7-2-3-8(11)12-7/h2-10H,1H3/t6?,7-,8+,9?,10-,11?/m1/s1. The normalized spacial score (nSPS) is 68.6. The molecular weight excluding hydrogens is 148 g/mol. The van der Waals surface area contributed by atoms with E-state index in [-0.39, 0.29) is 0 Å². The van der Waals surface area contributed by atoms with Gasteiger partial charge in [-0.2, -0.15) is 0 Å². The molecule has 0 aromatic rings. The van der Waals surface area contributed by atoms with Gasteiger partial charge in [-0.3, -0.25) is 0 Å². The van der Waals surface area contributed by atoms with Crippen LogP contribution in [0.3, 0.4) is 0 Å². The molecule has 62 valence electrons. The fraction of sp³-hybridized carbons (Fsp3) is 0.636. The van der Waals surface area contributed by atoms with Gasteiger partial charge in [0.2, 0.25) is 0 Å². The van der Waals surface area contributed by atoms with Gasteiger partial charge >= 0.3 is 0 Å². The van der Waals surface area contributed by atoms with E-state index in [4.69, 9.17) is 4.74 Å². The lowest BCUT2D eigenvalue weighted by atomic mass is 9.79. The van der Waals surface area contributed by atoms with Crippen molar-refractivity contribution < 1.29 is 4.74 Å². The summed E-state index contributed by atoms with van der Waals surface area (Å²) in [5.74, 6) is 2.60. The Hall–Kier alpha value is -0.560. The Kier molecular flexibility index (Phi) is 0.716. The Morgan fingerprint density at radius 1 is 1.25 bits per heavy atom. The molecule has 4 aliphatic rings. The predicted octanol–water partition coefficient (Wildman–Crippen LogP) is 1.76. The highest BCUT2D eigenvalue weighted by Gasteiger charge is 2.69. The number of rotatable bonds is 0. The molecule has 2 aliphatic heterocycles. The molecule has 1 saturated heterocycles. The van der Waals surface area contributed by atoms with E-state index in [1.54, 1.807) is 0 Å². The predicted molar refractivity (Wildman–Crippen MR) is 45.5 cm³/mol. The van der Waals surface area contributed by atoms with Crippen LogP contribution in [0.5, 0.6) is 0 Å². The van der Waals surface area contributed by atoms with Crippen LogP contribution in [-0.4, -0.2) is 12.2 Å². The van der Waals surface area contributed by atoms with E-state index < -0.39 is 0 Å². The highest BCUT2D eigenvalue weighted by molar-refractivity contribution is 5.36. The number of hydrogen-bond acceptors (Lipinski definition) is 1. The Labute approximate surface area is 72.1 Å². The molecule has 6 atom stereocenters. The Bertz CT molecular complexity index is 317. The summed E-state index contributed by atoms with van der Waals surface area (Å²) in [5, 5.41) is 0. The Morgan fingerprint density at radius 3 is 3.08 bits per heavy atom. The molecule has 0 aromatic carbocycles. The third-order valence-corrected chi connectivity index (χ3v) is 4.30. The molecule has 2 aliphatic carbocycles. The van der Waals surface area contributed by atoms with Crippen LogP contribution in [0.2, 0.25) is 0 Å². The van der Waals surface area contributed by atoms with Gasteiger partial charge in [0.25, 0.3) is 0 Å². The van der Waals surface area contributed by atoms with Gasteiger partial charge in [0.05, 0.1) is 12.2 Å². The maximum Gasteiger partial charge on any atom is 0.0855 e. The van der Waals surface area contributed by atoms with Crippen molar-refractivity contribution in [1.29, 1.82) is 0 Å². The number of ether oxygens (including phenoxy) is 1. The van der Waals surface area contributed by atoms with E-state index in [1.807, 2.05) is 0 Å². The molecular formula is C11H12O. The van der Waals surface area contributed by atoms with Crippen molar-refractivity contribution in [2.24, 2.45) is 23.2 Å². The van der Waals surface area contributed by atoms with E-state index in [2.05, 4.69) is 31.2 Å². The summed E-state index contributed by atoms with van der Waals surface area (Å²) in [7, 11) is 0. The quantitative estimate of drug-likeness (QED) is 0.491. The minimum atomic E-state index is 0.346. The number of hydrogen-bond donors (Lipinski definition) is 0. The second kappa shape index (κ2) is 1.44. The van der Waals surface area contributed by atoms with E-state index in [0.717, 1.165) is 17.8 Å². The maximum atomic E-state index is 5.93. The van der Waals surface area contributed by atoms with Gasteiger partial charge in [0.15, 0.2) is 0 Å². The van der Waals surface area contributed by atoms with Gasteiger partial charge in [-0.05, 0) is 17.8 Å². The lowest BCUT2D eigenvalue weighted by molar-refractivity contribution is -0.0503. The van der Waals surface area contributed by atoms with Crippen LogP contribution in [0.1, 0.15) is 6.92 Å². The van der Waals surface area contributed by atoms with Gasteiger partial charge in [-0.1, -0.05) is 31.2 Å². The zero-order valence-corrected chi connectivity index (χ0v) is 7.10. The molecule has 1 nitrogen and oxygen atoms in total. The third kappa shape index (κ3) is 0.411. The highest BCUT2D eigenvalue weighted by Crippen LogP contribution is 2.70. The van der Waals surface area contributed by atoms with E-state index in [9.17, 15) is 0 Å². The van der Waals surface area contributed by atoms with Crippen molar-refractivity contribution >= 4 is 0 Å². The first-order valence-corrected chi connectivity index (χ1v) is 4.84. The topological polar surface area (TPSA) is 9.23 Å². The fourth-order valence-corrected chi connectivity index (χ4v) is 3.62. The van der Waals surface area contributed by atoms with Gasteiger partial charge < -0.3 is 4.74 Å². The highest BCUT2D eigenvalue weighted by atomic mass is 16.5. The van der Waals surface area contributed by atoms with E-state index in [0.29, 0.717) is 17.6 Å². The SMILES string of the molecule is CC12C=CC3C([C@@H]31)[C@H]1C=C[C@@H]2O1. The Balaban J connectivity index is 1.95. The molecule has 0 radical (unpaired) electrons. The smallest absolute Gasteiger partial charge is 0.0855 e. The van der Waals surface area contributed by atoms with Gasteiger partial charge in [0.1, 0.15) is 0 Å². The zero-order valence-electron chi connectivity index (χ0n) is 7.10. The van der Waals surface area contributed by atoms with Crippen LogP contribution < -0.4 is 0 Å². The lowest BCUT2D eigenvalue weighted by Crippen LogP contribution is -2.38. The van der Waals surface area contributed by atoms with Crippen molar-refractivity contribution in [2.75, 3.05) is 0 Å². The summed E-state index contributed by atoms with van der Waals surface area (Å²) in [4.78, 5) is 0. The second-order valence-corrected chi connectivity index (χ2v) is 4.81. The molecule has 3 unspecified atom stereocenters. The molecule has 1 saturated carbocycles. The summed E-state index contributed by atoms with van der Waals surface area (Å²) < 4.78 is 5.93. The summed E-state index contributed by atoms with van der Waals surface area (Å²) in [6.45, 7) is 2.35. The van der Waals surface area contributed by atoms with Crippen LogP contribution in [0.15, 0.2) is 24.3 Å². The largest absolute Gasteiger partial charge is 0.366 e. The molecule has 2 bridgehead atoms. The van der Waals surface area contributed by atoms with Gasteiger partial charge in [0, 0.05) is 5.41 Å². The summed E-state index contributed by atoms with van der Waals surface area (Å²) in [6, 6.07) is 0. The molecule has 4 rings (SSSR count). The second-order valence-electron chi connectivity index (χ2n) is 4.81. The van der Waals surface area contributed by atoms with Gasteiger partial charge in [-0.15, -0.1) is 0 Å². The molecule has 0 N–H and O–H groups in total. The minimum absolute atomic E-state index is 0.346. The molecule has 0 aromatic heterocycles. The van der Waals surface area contributed by atoms with Crippen LogP contribution in [0, 0.1) is 23.2 Å². The molecule has 0 spiro atoms. The third-order valence-electron chi connectivity index (χ3n) is 4.30. The van der Waals surface area contributed by atoms with Gasteiger partial charge in [-0.25, -0.2) is 0 Å². The number of fused-ring (bicyclic) bond motifs is 5. The number of allylic oxidation sites excluding steroid dienone is 1. The summed E-state index contributed by atoms with van der Waals surface area (Å²) in [5.41, 5.74) is 0.346. The summed E-state index contributed by atoms with van der Waals surface area (Å²) in [6.07, 6.45) is 10.2. The summed E-state index contributed by atoms with van der Waals surface area (Å²) >= 11 is 0. The van der Waals surface area contributed by atoms with Crippen molar-refractivity contribution in [1.82, 2.24) is 0 Å². The molecule has 12 heavy (non-hydrogen) atoms. The molecule has 2 heterocycles. The molecule has 0 amide bonds. The van der Waals surface area contributed by atoms with Crippen LogP contribution >= 0.6 is 0 Å². The Morgan fingerprint density at radius 2 is 2.17 bits per heavy atom. The van der Waals surface area contributed by atoms with Crippen LogP contribution in [0.25, 0.3) is 0 Å². The molecule has 1 heteroatoms. The average Bonchev–Trinajstić information content (AvgIpc) is 2.49. The van der Waals surface area contributed by atoms with Crippen LogP contribution in [-0.2, 0) is 4.74 Å². The first-order chi connectivity index (χ1) is 5.81. The average molecular weight is 160 g/mol. The minimum Gasteiger partial charge on any atom is -0.366 e. The first-order valence-electron chi connectivity index (χ1n) is 4.84. The lowest BCUT2D eigenvalue weighted by Gasteiger charge is -2.36. The van der Waals surface area contributed by atoms with E-state index in [1.165, 1.54) is 0 Å². The molecule has 2 fully saturated rings. The van der Waals surface area contributed by atoms with E-state index >= 15 is 0 Å². The van der Waals surface area contributed by atoms with Crippen molar-refractivity contribution in [2.45, 2.75) is 19.1 Å². The van der Waals surface area contributed by atoms with Crippen LogP contribution in [0.4, 0.5) is 0 Å². The zero-order chi connectivity index (χ0) is 7.92. The monoisotopic (exact) mass is 160 g/mol. The van der Waals surface area contributed by atoms with Crippen molar-refractivity contribution in [3.63, 3.8) is 0 Å². The fourth-order valence-electron chi connectivity index (χ4n) is 3.62. The maximum absolute atomic E-state index is 5.93.